The number of hydrazine groups is 1. The summed E-state index contributed by atoms with van der Waals surface area (Å²) in [4.78, 5) is 35.7. The Hall–Kier alpha value is -3.35. The Kier molecular flexibility index (Phi) is 5.17. The van der Waals surface area contributed by atoms with Crippen LogP contribution in [0.1, 0.15) is 30.1 Å². The van der Waals surface area contributed by atoms with E-state index in [9.17, 15) is 14.4 Å². The van der Waals surface area contributed by atoms with Gasteiger partial charge in [0, 0.05) is 24.1 Å². The highest BCUT2D eigenvalue weighted by atomic mass is 16.5. The maximum Gasteiger partial charge on any atom is 0.255 e. The molecular formula is C19H19N3O4. The van der Waals surface area contributed by atoms with E-state index in [0.717, 1.165) is 5.75 Å². The Labute approximate surface area is 150 Å². The summed E-state index contributed by atoms with van der Waals surface area (Å²) in [7, 11) is 0. The van der Waals surface area contributed by atoms with Crippen LogP contribution >= 0.6 is 0 Å². The van der Waals surface area contributed by atoms with E-state index in [1.54, 1.807) is 48.5 Å². The van der Waals surface area contributed by atoms with Crippen molar-refractivity contribution in [1.82, 2.24) is 5.43 Å². The van der Waals surface area contributed by atoms with Gasteiger partial charge in [-0.3, -0.25) is 19.8 Å². The molecule has 0 radical (unpaired) electrons. The molecule has 0 saturated carbocycles. The number of nitrogens with zero attached hydrogens (tertiary/aromatic N) is 1. The molecule has 1 heterocycles. The standard InChI is InChI=1S/C19H19N3O4/c1-2-26-16-9-5-14(6-10-16)20-19(25)13-3-7-15(8-4-13)22-18(24)12-11-17(23)21-22/h3-10H,2,11-12H2,1H3,(H,20,25)(H,21,23). The minimum absolute atomic E-state index is 0.172. The topological polar surface area (TPSA) is 87.7 Å². The van der Waals surface area contributed by atoms with Gasteiger partial charge in [0.05, 0.1) is 12.3 Å². The number of nitrogens with one attached hydrogen (secondary N) is 2. The highest BCUT2D eigenvalue weighted by Crippen LogP contribution is 2.19. The van der Waals surface area contributed by atoms with Crippen LogP contribution in [-0.2, 0) is 9.59 Å². The van der Waals surface area contributed by atoms with Crippen molar-refractivity contribution in [3.8, 4) is 5.75 Å². The van der Waals surface area contributed by atoms with Crippen molar-refractivity contribution < 1.29 is 19.1 Å². The third-order valence-electron chi connectivity index (χ3n) is 3.86. The number of carbonyl (C=O) groups excluding carboxylic acids is 3. The van der Waals surface area contributed by atoms with Gasteiger partial charge in [-0.1, -0.05) is 0 Å². The van der Waals surface area contributed by atoms with Crippen LogP contribution in [0.25, 0.3) is 0 Å². The summed E-state index contributed by atoms with van der Waals surface area (Å²) < 4.78 is 5.36. The molecule has 2 aromatic rings. The quantitative estimate of drug-likeness (QED) is 0.864. The second-order valence-corrected chi connectivity index (χ2v) is 5.72. The molecule has 1 fully saturated rings. The molecule has 0 bridgehead atoms. The van der Waals surface area contributed by atoms with Gasteiger partial charge < -0.3 is 10.1 Å². The molecule has 1 aliphatic rings. The highest BCUT2D eigenvalue weighted by molar-refractivity contribution is 6.05. The Bertz CT molecular complexity index is 816. The molecule has 26 heavy (non-hydrogen) atoms. The lowest BCUT2D eigenvalue weighted by Gasteiger charge is -2.27. The van der Waals surface area contributed by atoms with Crippen LogP contribution in [0, 0.1) is 0 Å². The van der Waals surface area contributed by atoms with E-state index >= 15 is 0 Å². The summed E-state index contributed by atoms with van der Waals surface area (Å²) in [6, 6.07) is 13.5. The zero-order valence-corrected chi connectivity index (χ0v) is 14.3. The molecular weight excluding hydrogens is 334 g/mol. The van der Waals surface area contributed by atoms with E-state index in [-0.39, 0.29) is 30.6 Å². The summed E-state index contributed by atoms with van der Waals surface area (Å²) in [5.74, 6) is 0.0796. The third-order valence-corrected chi connectivity index (χ3v) is 3.86. The minimum Gasteiger partial charge on any atom is -0.494 e. The van der Waals surface area contributed by atoms with Crippen molar-refractivity contribution in [3.05, 3.63) is 54.1 Å². The van der Waals surface area contributed by atoms with Gasteiger partial charge in [-0.05, 0) is 55.5 Å². The van der Waals surface area contributed by atoms with Gasteiger partial charge in [0.2, 0.25) is 11.8 Å². The number of hydrogen-bond donors (Lipinski definition) is 2. The molecule has 0 unspecified atom stereocenters. The maximum absolute atomic E-state index is 12.3. The van der Waals surface area contributed by atoms with Gasteiger partial charge in [-0.2, -0.15) is 0 Å². The Morgan fingerprint density at radius 1 is 1.08 bits per heavy atom. The zero-order valence-electron chi connectivity index (χ0n) is 14.3. The summed E-state index contributed by atoms with van der Waals surface area (Å²) in [6.07, 6.45) is 0.365. The molecule has 3 rings (SSSR count). The molecule has 0 atom stereocenters. The molecule has 3 amide bonds. The van der Waals surface area contributed by atoms with Crippen molar-refractivity contribution >= 4 is 29.1 Å². The van der Waals surface area contributed by atoms with E-state index in [2.05, 4.69) is 10.7 Å². The first-order chi connectivity index (χ1) is 12.6. The largest absolute Gasteiger partial charge is 0.494 e. The lowest BCUT2D eigenvalue weighted by atomic mass is 10.1. The molecule has 7 nitrogen and oxygen atoms in total. The number of rotatable bonds is 5. The van der Waals surface area contributed by atoms with Crippen molar-refractivity contribution in [3.63, 3.8) is 0 Å². The van der Waals surface area contributed by atoms with Gasteiger partial charge in [0.15, 0.2) is 0 Å². The van der Waals surface area contributed by atoms with Crippen molar-refractivity contribution in [2.75, 3.05) is 16.9 Å². The monoisotopic (exact) mass is 353 g/mol. The fourth-order valence-corrected chi connectivity index (χ4v) is 2.55. The number of amides is 3. The summed E-state index contributed by atoms with van der Waals surface area (Å²) >= 11 is 0. The molecule has 7 heteroatoms. The number of carbonyl (C=O) groups is 3. The molecule has 1 saturated heterocycles. The van der Waals surface area contributed by atoms with Crippen molar-refractivity contribution in [2.24, 2.45) is 0 Å². The average molecular weight is 353 g/mol. The van der Waals surface area contributed by atoms with E-state index in [1.807, 2.05) is 6.92 Å². The lowest BCUT2D eigenvalue weighted by Crippen LogP contribution is -2.50. The minimum atomic E-state index is -0.269. The Morgan fingerprint density at radius 2 is 1.77 bits per heavy atom. The van der Waals surface area contributed by atoms with Gasteiger partial charge in [-0.25, -0.2) is 5.01 Å². The van der Waals surface area contributed by atoms with E-state index in [1.165, 1.54) is 5.01 Å². The van der Waals surface area contributed by atoms with Crippen LogP contribution in [0.2, 0.25) is 0 Å². The smallest absolute Gasteiger partial charge is 0.255 e. The first-order valence-corrected chi connectivity index (χ1v) is 8.33. The number of anilines is 2. The van der Waals surface area contributed by atoms with Crippen LogP contribution in [0.3, 0.4) is 0 Å². The predicted octanol–water partition coefficient (Wildman–Crippen LogP) is 2.50. The molecule has 2 N–H and O–H groups in total. The van der Waals surface area contributed by atoms with Crippen LogP contribution in [0.15, 0.2) is 48.5 Å². The Morgan fingerprint density at radius 3 is 2.42 bits per heavy atom. The zero-order chi connectivity index (χ0) is 18.5. The predicted molar refractivity (Wildman–Crippen MR) is 96.9 cm³/mol. The van der Waals surface area contributed by atoms with Crippen molar-refractivity contribution in [2.45, 2.75) is 19.8 Å². The van der Waals surface area contributed by atoms with Gasteiger partial charge in [-0.15, -0.1) is 0 Å². The fraction of sp³-hybridized carbons (Fsp3) is 0.211. The Balaban J connectivity index is 1.66. The average Bonchev–Trinajstić information content (AvgIpc) is 2.66. The summed E-state index contributed by atoms with van der Waals surface area (Å²) in [5, 5.41) is 4.01. The molecule has 1 aliphatic heterocycles. The highest BCUT2D eigenvalue weighted by Gasteiger charge is 2.24. The second kappa shape index (κ2) is 7.69. The summed E-state index contributed by atoms with van der Waals surface area (Å²) in [5.41, 5.74) is 4.13. The van der Waals surface area contributed by atoms with Crippen LogP contribution in [-0.4, -0.2) is 24.3 Å². The van der Waals surface area contributed by atoms with Gasteiger partial charge in [0.25, 0.3) is 5.91 Å². The lowest BCUT2D eigenvalue weighted by molar-refractivity contribution is -0.130. The molecule has 2 aromatic carbocycles. The number of ether oxygens (including phenoxy) is 1. The van der Waals surface area contributed by atoms with Crippen molar-refractivity contribution in [1.29, 1.82) is 0 Å². The molecule has 0 aromatic heterocycles. The van der Waals surface area contributed by atoms with Gasteiger partial charge >= 0.3 is 0 Å². The van der Waals surface area contributed by atoms with Crippen LogP contribution < -0.4 is 20.5 Å². The van der Waals surface area contributed by atoms with Crippen LogP contribution in [0.4, 0.5) is 11.4 Å². The normalized spacial score (nSPS) is 14.0. The van der Waals surface area contributed by atoms with Crippen LogP contribution in [0.5, 0.6) is 5.75 Å². The maximum atomic E-state index is 12.3. The fourth-order valence-electron chi connectivity index (χ4n) is 2.55. The third kappa shape index (κ3) is 4.00. The number of benzene rings is 2. The SMILES string of the molecule is CCOc1ccc(NC(=O)c2ccc(N3NC(=O)CCC3=O)cc2)cc1. The first kappa shape index (κ1) is 17.5. The molecule has 0 aliphatic carbocycles. The number of hydrogen-bond acceptors (Lipinski definition) is 4. The first-order valence-electron chi connectivity index (χ1n) is 8.33. The molecule has 0 spiro atoms. The van der Waals surface area contributed by atoms with E-state index < -0.39 is 0 Å². The van der Waals surface area contributed by atoms with Gasteiger partial charge in [0.1, 0.15) is 5.75 Å². The van der Waals surface area contributed by atoms with E-state index in [0.29, 0.717) is 23.5 Å². The molecule has 134 valence electrons. The van der Waals surface area contributed by atoms with E-state index in [4.69, 9.17) is 4.74 Å². The summed E-state index contributed by atoms with van der Waals surface area (Å²) in [6.45, 7) is 2.49. The second-order valence-electron chi connectivity index (χ2n) is 5.72.